The minimum Gasteiger partial charge on any atom is -0.478 e. The van der Waals surface area contributed by atoms with Gasteiger partial charge in [0.25, 0.3) is 0 Å². The lowest BCUT2D eigenvalue weighted by Gasteiger charge is -2.11. The molecule has 0 heterocycles. The zero-order valence-electron chi connectivity index (χ0n) is 8.09. The second-order valence-electron chi connectivity index (χ2n) is 3.13. The molecule has 1 N–H and O–H groups in total. The van der Waals surface area contributed by atoms with E-state index in [4.69, 9.17) is 10.4 Å². The SMILES string of the molecule is Cc1cc(C(F)(F)F)c(C#N)cc1C(=O)O. The predicted molar refractivity (Wildman–Crippen MR) is 47.9 cm³/mol. The van der Waals surface area contributed by atoms with Crippen molar-refractivity contribution in [1.82, 2.24) is 0 Å². The van der Waals surface area contributed by atoms with Gasteiger partial charge in [-0.05, 0) is 24.6 Å². The maximum Gasteiger partial charge on any atom is 0.417 e. The van der Waals surface area contributed by atoms with E-state index in [1.165, 1.54) is 13.0 Å². The van der Waals surface area contributed by atoms with Crippen LogP contribution in [0.1, 0.15) is 27.0 Å². The number of hydrogen-bond acceptors (Lipinski definition) is 2. The van der Waals surface area contributed by atoms with E-state index in [2.05, 4.69) is 0 Å². The van der Waals surface area contributed by atoms with E-state index in [1.54, 1.807) is 0 Å². The number of halogens is 3. The minimum absolute atomic E-state index is 0.0289. The molecule has 0 saturated carbocycles. The lowest BCUT2D eigenvalue weighted by Crippen LogP contribution is -2.11. The van der Waals surface area contributed by atoms with Gasteiger partial charge in [-0.25, -0.2) is 4.79 Å². The summed E-state index contributed by atoms with van der Waals surface area (Å²) in [6, 6.07) is 2.75. The van der Waals surface area contributed by atoms with Gasteiger partial charge in [0.2, 0.25) is 0 Å². The van der Waals surface area contributed by atoms with E-state index in [1.807, 2.05) is 0 Å². The first-order chi connectivity index (χ1) is 7.27. The van der Waals surface area contributed by atoms with Gasteiger partial charge in [0, 0.05) is 0 Å². The number of nitriles is 1. The van der Waals surface area contributed by atoms with E-state index >= 15 is 0 Å². The normalized spacial score (nSPS) is 10.9. The van der Waals surface area contributed by atoms with Crippen LogP contribution in [-0.2, 0) is 6.18 Å². The maximum atomic E-state index is 12.4. The van der Waals surface area contributed by atoms with Crippen LogP contribution in [-0.4, -0.2) is 11.1 Å². The van der Waals surface area contributed by atoms with E-state index in [-0.39, 0.29) is 11.1 Å². The minimum atomic E-state index is -4.66. The van der Waals surface area contributed by atoms with Crippen LogP contribution in [0.25, 0.3) is 0 Å². The van der Waals surface area contributed by atoms with Crippen molar-refractivity contribution in [2.24, 2.45) is 0 Å². The highest BCUT2D eigenvalue weighted by Crippen LogP contribution is 2.33. The Balaban J connectivity index is 3.52. The van der Waals surface area contributed by atoms with Crippen molar-refractivity contribution in [3.63, 3.8) is 0 Å². The molecule has 0 spiro atoms. The average molecular weight is 229 g/mol. The Morgan fingerprint density at radius 1 is 1.44 bits per heavy atom. The summed E-state index contributed by atoms with van der Waals surface area (Å²) in [5.74, 6) is -1.36. The largest absolute Gasteiger partial charge is 0.478 e. The topological polar surface area (TPSA) is 61.1 Å². The van der Waals surface area contributed by atoms with Crippen LogP contribution in [0.15, 0.2) is 12.1 Å². The molecule has 1 aromatic carbocycles. The third-order valence-corrected chi connectivity index (χ3v) is 2.02. The zero-order valence-corrected chi connectivity index (χ0v) is 8.09. The summed E-state index contributed by atoms with van der Waals surface area (Å²) in [6.45, 7) is 1.25. The summed E-state index contributed by atoms with van der Waals surface area (Å²) in [5.41, 5.74) is -2.13. The highest BCUT2D eigenvalue weighted by atomic mass is 19.4. The molecule has 0 saturated heterocycles. The Labute approximate surface area is 88.7 Å². The number of carboxylic acid groups (broad SMARTS) is 1. The second kappa shape index (κ2) is 3.85. The molecular formula is C10H6F3NO2. The standard InChI is InChI=1S/C10H6F3NO2/c1-5-2-8(10(11,12)13)6(4-14)3-7(5)9(15)16/h2-3H,1H3,(H,15,16). The summed E-state index contributed by atoms with van der Waals surface area (Å²) < 4.78 is 37.3. The van der Waals surface area contributed by atoms with Gasteiger partial charge in [0.05, 0.1) is 22.8 Å². The Bertz CT molecular complexity index is 486. The summed E-state index contributed by atoms with van der Waals surface area (Å²) >= 11 is 0. The van der Waals surface area contributed by atoms with Gasteiger partial charge in [0.15, 0.2) is 0 Å². The van der Waals surface area contributed by atoms with Crippen LogP contribution in [0.3, 0.4) is 0 Å². The van der Waals surface area contributed by atoms with Gasteiger partial charge in [-0.1, -0.05) is 0 Å². The summed E-state index contributed by atoms with van der Waals surface area (Å²) in [4.78, 5) is 10.7. The number of nitrogens with zero attached hydrogens (tertiary/aromatic N) is 1. The van der Waals surface area contributed by atoms with Crippen LogP contribution < -0.4 is 0 Å². The number of carbonyl (C=O) groups is 1. The number of carboxylic acids is 1. The molecule has 6 heteroatoms. The summed E-state index contributed by atoms with van der Waals surface area (Å²) in [5, 5.41) is 17.2. The Morgan fingerprint density at radius 2 is 2.00 bits per heavy atom. The highest BCUT2D eigenvalue weighted by Gasteiger charge is 2.34. The molecule has 0 unspecified atom stereocenters. The van der Waals surface area contributed by atoms with Crippen molar-refractivity contribution in [1.29, 1.82) is 5.26 Å². The van der Waals surface area contributed by atoms with Gasteiger partial charge in [-0.15, -0.1) is 0 Å². The first-order valence-corrected chi connectivity index (χ1v) is 4.12. The fourth-order valence-electron chi connectivity index (χ4n) is 1.27. The Kier molecular flexibility index (Phi) is 2.90. The molecule has 0 aliphatic heterocycles. The molecule has 0 atom stereocenters. The smallest absolute Gasteiger partial charge is 0.417 e. The van der Waals surface area contributed by atoms with Crippen LogP contribution in [0.4, 0.5) is 13.2 Å². The Hall–Kier alpha value is -2.03. The maximum absolute atomic E-state index is 12.4. The van der Waals surface area contributed by atoms with Crippen molar-refractivity contribution >= 4 is 5.97 Å². The number of benzene rings is 1. The van der Waals surface area contributed by atoms with Crippen molar-refractivity contribution < 1.29 is 23.1 Å². The number of aromatic carboxylic acids is 1. The summed E-state index contributed by atoms with van der Waals surface area (Å²) in [7, 11) is 0. The zero-order chi connectivity index (χ0) is 12.5. The van der Waals surface area contributed by atoms with Crippen LogP contribution >= 0.6 is 0 Å². The molecule has 0 aromatic heterocycles. The van der Waals surface area contributed by atoms with Gasteiger partial charge in [0.1, 0.15) is 0 Å². The molecule has 0 aliphatic carbocycles. The van der Waals surface area contributed by atoms with E-state index in [9.17, 15) is 18.0 Å². The van der Waals surface area contributed by atoms with Gasteiger partial charge in [-0.2, -0.15) is 18.4 Å². The van der Waals surface area contributed by atoms with Gasteiger partial charge < -0.3 is 5.11 Å². The number of hydrogen-bond donors (Lipinski definition) is 1. The van der Waals surface area contributed by atoms with Crippen molar-refractivity contribution in [3.05, 3.63) is 34.4 Å². The van der Waals surface area contributed by atoms with Crippen molar-refractivity contribution in [3.8, 4) is 6.07 Å². The lowest BCUT2D eigenvalue weighted by atomic mass is 9.99. The quantitative estimate of drug-likeness (QED) is 0.804. The summed E-state index contributed by atoms with van der Waals surface area (Å²) in [6.07, 6.45) is -4.66. The second-order valence-corrected chi connectivity index (χ2v) is 3.13. The van der Waals surface area contributed by atoms with E-state index < -0.39 is 23.3 Å². The molecular weight excluding hydrogens is 223 g/mol. The number of aryl methyl sites for hydroxylation is 1. The molecule has 1 aromatic rings. The number of alkyl halides is 3. The monoisotopic (exact) mass is 229 g/mol. The van der Waals surface area contributed by atoms with E-state index in [0.29, 0.717) is 6.07 Å². The molecule has 0 amide bonds. The van der Waals surface area contributed by atoms with E-state index in [0.717, 1.165) is 6.07 Å². The molecule has 0 aliphatic rings. The van der Waals surface area contributed by atoms with Crippen molar-refractivity contribution in [2.45, 2.75) is 13.1 Å². The highest BCUT2D eigenvalue weighted by molar-refractivity contribution is 5.90. The molecule has 0 fully saturated rings. The van der Waals surface area contributed by atoms with Crippen LogP contribution in [0.2, 0.25) is 0 Å². The number of rotatable bonds is 1. The molecule has 1 rings (SSSR count). The first kappa shape index (κ1) is 12.0. The third kappa shape index (κ3) is 2.14. The lowest BCUT2D eigenvalue weighted by molar-refractivity contribution is -0.137. The third-order valence-electron chi connectivity index (χ3n) is 2.02. The molecule has 84 valence electrons. The van der Waals surface area contributed by atoms with Crippen molar-refractivity contribution in [2.75, 3.05) is 0 Å². The first-order valence-electron chi connectivity index (χ1n) is 4.12. The molecule has 16 heavy (non-hydrogen) atoms. The molecule has 0 radical (unpaired) electrons. The molecule has 3 nitrogen and oxygen atoms in total. The Morgan fingerprint density at radius 3 is 2.38 bits per heavy atom. The van der Waals surface area contributed by atoms with Gasteiger partial charge in [-0.3, -0.25) is 0 Å². The molecule has 0 bridgehead atoms. The van der Waals surface area contributed by atoms with Crippen LogP contribution in [0, 0.1) is 18.3 Å². The predicted octanol–water partition coefficient (Wildman–Crippen LogP) is 2.58. The fourth-order valence-corrected chi connectivity index (χ4v) is 1.27. The van der Waals surface area contributed by atoms with Crippen LogP contribution in [0.5, 0.6) is 0 Å². The fraction of sp³-hybridized carbons (Fsp3) is 0.200. The average Bonchev–Trinajstić information content (AvgIpc) is 2.15. The van der Waals surface area contributed by atoms with Gasteiger partial charge >= 0.3 is 12.1 Å².